The van der Waals surface area contributed by atoms with E-state index in [0.717, 1.165) is 36.9 Å². The van der Waals surface area contributed by atoms with E-state index in [1.54, 1.807) is 4.31 Å². The average Bonchev–Trinajstić information content (AvgIpc) is 3.31. The summed E-state index contributed by atoms with van der Waals surface area (Å²) in [4.78, 5) is 15.4. The fourth-order valence-electron chi connectivity index (χ4n) is 4.85. The van der Waals surface area contributed by atoms with Gasteiger partial charge >= 0.3 is 0 Å². The summed E-state index contributed by atoms with van der Waals surface area (Å²) in [5.41, 5.74) is 1.48. The molecule has 1 heterocycles. The zero-order valence-electron chi connectivity index (χ0n) is 18.2. The van der Waals surface area contributed by atoms with Gasteiger partial charge in [-0.25, -0.2) is 8.42 Å². The van der Waals surface area contributed by atoms with Crippen LogP contribution in [0, 0.1) is 0 Å². The number of piperazine rings is 1. The molecule has 172 valence electrons. The third-order valence-corrected chi connectivity index (χ3v) is 8.81. The summed E-state index contributed by atoms with van der Waals surface area (Å²) in [6, 6.07) is 17.5. The molecule has 32 heavy (non-hydrogen) atoms. The van der Waals surface area contributed by atoms with Crippen molar-refractivity contribution in [3.63, 3.8) is 0 Å². The molecule has 1 aliphatic carbocycles. The molecule has 2 aromatic carbocycles. The zero-order chi connectivity index (χ0) is 22.6. The molecule has 4 rings (SSSR count). The number of nitrogens with one attached hydrogen (secondary N) is 1. The van der Waals surface area contributed by atoms with Crippen LogP contribution in [0.15, 0.2) is 54.6 Å². The number of sulfonamides is 1. The van der Waals surface area contributed by atoms with Crippen molar-refractivity contribution in [1.29, 1.82) is 0 Å². The van der Waals surface area contributed by atoms with E-state index in [-0.39, 0.29) is 18.2 Å². The van der Waals surface area contributed by atoms with Crippen LogP contribution in [0.1, 0.15) is 31.2 Å². The highest BCUT2D eigenvalue weighted by molar-refractivity contribution is 7.89. The molecule has 2 fully saturated rings. The first-order valence-electron chi connectivity index (χ1n) is 11.2. The molecule has 1 N–H and O–H groups in total. The Bertz CT molecular complexity index is 1010. The van der Waals surface area contributed by atoms with Crippen LogP contribution in [-0.2, 0) is 20.2 Å². The Labute approximate surface area is 195 Å². The van der Waals surface area contributed by atoms with Crippen molar-refractivity contribution in [3.8, 4) is 0 Å². The number of carbonyl (C=O) groups excluding carboxylic acids is 1. The third kappa shape index (κ3) is 4.95. The van der Waals surface area contributed by atoms with Crippen molar-refractivity contribution in [3.05, 3.63) is 65.2 Å². The van der Waals surface area contributed by atoms with E-state index < -0.39 is 15.4 Å². The van der Waals surface area contributed by atoms with E-state index in [4.69, 9.17) is 11.6 Å². The number of para-hydroxylation sites is 1. The second-order valence-electron chi connectivity index (χ2n) is 8.59. The first kappa shape index (κ1) is 23.1. The molecule has 1 saturated heterocycles. The quantitative estimate of drug-likeness (QED) is 0.666. The summed E-state index contributed by atoms with van der Waals surface area (Å²) in [5.74, 6) is -0.165. The lowest BCUT2D eigenvalue weighted by molar-refractivity contribution is -0.126. The maximum Gasteiger partial charge on any atom is 0.230 e. The molecular formula is C24H30ClN3O3S. The Kier molecular flexibility index (Phi) is 7.08. The molecule has 0 unspecified atom stereocenters. The Morgan fingerprint density at radius 2 is 1.56 bits per heavy atom. The summed E-state index contributed by atoms with van der Waals surface area (Å²) in [5, 5.41) is 3.56. The minimum atomic E-state index is -3.42. The minimum Gasteiger partial charge on any atom is -0.369 e. The molecular weight excluding hydrogens is 446 g/mol. The Hall–Kier alpha value is -2.09. The van der Waals surface area contributed by atoms with Crippen LogP contribution in [0.3, 0.4) is 0 Å². The predicted octanol–water partition coefficient (Wildman–Crippen LogP) is 3.42. The molecule has 8 heteroatoms. The number of nitrogens with zero attached hydrogens (tertiary/aromatic N) is 2. The van der Waals surface area contributed by atoms with Crippen molar-refractivity contribution < 1.29 is 13.2 Å². The smallest absolute Gasteiger partial charge is 0.230 e. The number of rotatable bonds is 7. The Morgan fingerprint density at radius 1 is 0.938 bits per heavy atom. The number of carbonyl (C=O) groups is 1. The fourth-order valence-corrected chi connectivity index (χ4v) is 6.31. The van der Waals surface area contributed by atoms with E-state index >= 15 is 0 Å². The molecule has 6 nitrogen and oxygen atoms in total. The fraction of sp³-hybridized carbons (Fsp3) is 0.458. The van der Waals surface area contributed by atoms with Gasteiger partial charge in [0.05, 0.1) is 11.2 Å². The molecule has 0 radical (unpaired) electrons. The van der Waals surface area contributed by atoms with E-state index in [1.807, 2.05) is 54.6 Å². The number of hydrogen-bond acceptors (Lipinski definition) is 4. The van der Waals surface area contributed by atoms with Crippen LogP contribution >= 0.6 is 11.6 Å². The highest BCUT2D eigenvalue weighted by Crippen LogP contribution is 2.41. The van der Waals surface area contributed by atoms with Crippen LogP contribution in [0.4, 0.5) is 5.69 Å². The van der Waals surface area contributed by atoms with Gasteiger partial charge in [0.2, 0.25) is 15.9 Å². The molecule has 2 aliphatic rings. The van der Waals surface area contributed by atoms with Crippen molar-refractivity contribution in [1.82, 2.24) is 9.62 Å². The van der Waals surface area contributed by atoms with Crippen LogP contribution < -0.4 is 10.2 Å². The van der Waals surface area contributed by atoms with Gasteiger partial charge in [0.1, 0.15) is 0 Å². The van der Waals surface area contributed by atoms with Gasteiger partial charge in [-0.05, 0) is 42.7 Å². The second-order valence-corrected chi connectivity index (χ2v) is 11.1. The summed E-state index contributed by atoms with van der Waals surface area (Å²) < 4.78 is 27.3. The van der Waals surface area contributed by atoms with Gasteiger partial charge in [0.25, 0.3) is 0 Å². The summed E-state index contributed by atoms with van der Waals surface area (Å²) in [6.45, 7) is 2.36. The average molecular weight is 476 g/mol. The number of benzene rings is 2. The van der Waals surface area contributed by atoms with Crippen molar-refractivity contribution >= 4 is 33.2 Å². The van der Waals surface area contributed by atoms with Crippen LogP contribution in [-0.4, -0.2) is 57.1 Å². The first-order valence-corrected chi connectivity index (χ1v) is 13.2. The minimum absolute atomic E-state index is 0.0820. The SMILES string of the molecule is O=C(NCCS(=O)(=O)N1CCN(c2ccccc2)CC1)C1(c2ccc(Cl)cc2)CCCC1. The van der Waals surface area contributed by atoms with Gasteiger partial charge in [0, 0.05) is 43.4 Å². The molecule has 1 saturated carbocycles. The maximum atomic E-state index is 13.2. The second kappa shape index (κ2) is 9.81. The van der Waals surface area contributed by atoms with Gasteiger partial charge in [-0.1, -0.05) is 54.8 Å². The standard InChI is InChI=1S/C24H30ClN3O3S/c25-21-10-8-20(9-11-21)24(12-4-5-13-24)23(29)26-14-19-32(30,31)28-17-15-27(16-18-28)22-6-2-1-3-7-22/h1-3,6-11H,4-5,12-19H2,(H,26,29). The molecule has 1 aliphatic heterocycles. The normalized spacial score (nSPS) is 19.1. The largest absolute Gasteiger partial charge is 0.369 e. The zero-order valence-corrected chi connectivity index (χ0v) is 19.7. The number of anilines is 1. The van der Waals surface area contributed by atoms with Gasteiger partial charge in [-0.15, -0.1) is 0 Å². The Morgan fingerprint density at radius 3 is 2.19 bits per heavy atom. The summed E-state index contributed by atoms with van der Waals surface area (Å²) >= 11 is 6.02. The summed E-state index contributed by atoms with van der Waals surface area (Å²) in [7, 11) is -3.42. The molecule has 1 amide bonds. The van der Waals surface area contributed by atoms with Crippen LogP contribution in [0.2, 0.25) is 5.02 Å². The monoisotopic (exact) mass is 475 g/mol. The van der Waals surface area contributed by atoms with Crippen molar-refractivity contribution in [2.24, 2.45) is 0 Å². The van der Waals surface area contributed by atoms with Crippen molar-refractivity contribution in [2.75, 3.05) is 43.4 Å². The molecule has 0 spiro atoms. The van der Waals surface area contributed by atoms with Gasteiger partial charge in [0.15, 0.2) is 0 Å². The topological polar surface area (TPSA) is 69.7 Å². The van der Waals surface area contributed by atoms with E-state index in [1.165, 1.54) is 0 Å². The number of halogens is 1. The molecule has 0 aromatic heterocycles. The lowest BCUT2D eigenvalue weighted by Crippen LogP contribution is -2.50. The highest BCUT2D eigenvalue weighted by Gasteiger charge is 2.42. The summed E-state index contributed by atoms with van der Waals surface area (Å²) in [6.07, 6.45) is 3.52. The molecule has 2 aromatic rings. The number of hydrogen-bond donors (Lipinski definition) is 1. The van der Waals surface area contributed by atoms with E-state index in [0.29, 0.717) is 31.2 Å². The van der Waals surface area contributed by atoms with E-state index in [9.17, 15) is 13.2 Å². The lowest BCUT2D eigenvalue weighted by Gasteiger charge is -2.35. The number of amides is 1. The van der Waals surface area contributed by atoms with Crippen LogP contribution in [0.25, 0.3) is 0 Å². The van der Waals surface area contributed by atoms with E-state index in [2.05, 4.69) is 10.2 Å². The molecule has 0 atom stereocenters. The Balaban J connectivity index is 1.32. The highest BCUT2D eigenvalue weighted by atomic mass is 35.5. The predicted molar refractivity (Wildman–Crippen MR) is 129 cm³/mol. The molecule has 0 bridgehead atoms. The van der Waals surface area contributed by atoms with Gasteiger partial charge in [-0.2, -0.15) is 4.31 Å². The maximum absolute atomic E-state index is 13.2. The third-order valence-electron chi connectivity index (χ3n) is 6.69. The van der Waals surface area contributed by atoms with Gasteiger partial charge in [-0.3, -0.25) is 4.79 Å². The lowest BCUT2D eigenvalue weighted by atomic mass is 9.78. The van der Waals surface area contributed by atoms with Crippen LogP contribution in [0.5, 0.6) is 0 Å². The van der Waals surface area contributed by atoms with Gasteiger partial charge < -0.3 is 10.2 Å². The first-order chi connectivity index (χ1) is 15.4. The van der Waals surface area contributed by atoms with Crippen molar-refractivity contribution in [2.45, 2.75) is 31.1 Å².